The molecule has 1 saturated heterocycles. The average molecular weight is 408 g/mol. The van der Waals surface area contributed by atoms with E-state index in [0.717, 1.165) is 6.42 Å². The van der Waals surface area contributed by atoms with Crippen LogP contribution in [0.15, 0.2) is 36.4 Å². The van der Waals surface area contributed by atoms with Crippen molar-refractivity contribution in [3.05, 3.63) is 42.0 Å². The van der Waals surface area contributed by atoms with Gasteiger partial charge in [-0.3, -0.25) is 19.3 Å². The minimum atomic E-state index is -0.893. The number of amides is 3. The van der Waals surface area contributed by atoms with Crippen molar-refractivity contribution < 1.29 is 23.9 Å². The van der Waals surface area contributed by atoms with Crippen LogP contribution in [0.4, 0.5) is 5.69 Å². The summed E-state index contributed by atoms with van der Waals surface area (Å²) in [6.07, 6.45) is 5.34. The van der Waals surface area contributed by atoms with Crippen LogP contribution in [0.25, 0.3) is 0 Å². The van der Waals surface area contributed by atoms with Gasteiger partial charge in [0.2, 0.25) is 17.7 Å². The molecule has 1 heterocycles. The van der Waals surface area contributed by atoms with Crippen LogP contribution in [0.2, 0.25) is 0 Å². The van der Waals surface area contributed by atoms with Crippen molar-refractivity contribution in [1.29, 1.82) is 0 Å². The molecule has 1 aliphatic heterocycles. The van der Waals surface area contributed by atoms with Gasteiger partial charge in [0.1, 0.15) is 6.04 Å². The molecular weight excluding hydrogens is 384 g/mol. The van der Waals surface area contributed by atoms with Crippen LogP contribution < -0.4 is 5.32 Å². The van der Waals surface area contributed by atoms with Crippen molar-refractivity contribution in [2.24, 2.45) is 35.5 Å². The van der Waals surface area contributed by atoms with Crippen molar-refractivity contribution in [3.63, 3.8) is 0 Å². The van der Waals surface area contributed by atoms with Gasteiger partial charge in [-0.25, -0.2) is 4.79 Å². The Bertz CT molecular complexity index is 932. The molecule has 7 nitrogen and oxygen atoms in total. The number of carbonyl (C=O) groups is 4. The topological polar surface area (TPSA) is 92.8 Å². The van der Waals surface area contributed by atoms with Crippen LogP contribution in [-0.2, 0) is 19.1 Å². The second-order valence-corrected chi connectivity index (χ2v) is 8.66. The molecule has 3 amide bonds. The lowest BCUT2D eigenvalue weighted by Crippen LogP contribution is -2.46. The van der Waals surface area contributed by atoms with Crippen LogP contribution in [0.3, 0.4) is 0 Å². The maximum absolute atomic E-state index is 13.1. The fraction of sp³-hybridized carbons (Fsp3) is 0.478. The molecule has 0 radical (unpaired) electrons. The first kappa shape index (κ1) is 19.0. The van der Waals surface area contributed by atoms with Gasteiger partial charge >= 0.3 is 5.97 Å². The zero-order valence-electron chi connectivity index (χ0n) is 16.9. The summed E-state index contributed by atoms with van der Waals surface area (Å²) >= 11 is 0. The Morgan fingerprint density at radius 1 is 1.07 bits per heavy atom. The minimum Gasteiger partial charge on any atom is -0.462 e. The average Bonchev–Trinajstić information content (AvgIpc) is 3.52. The number of benzene rings is 1. The Morgan fingerprint density at radius 2 is 1.63 bits per heavy atom. The van der Waals surface area contributed by atoms with Gasteiger partial charge in [0.15, 0.2) is 0 Å². The second kappa shape index (κ2) is 6.79. The molecule has 5 aliphatic rings. The second-order valence-electron chi connectivity index (χ2n) is 8.66. The van der Waals surface area contributed by atoms with Crippen LogP contribution in [-0.4, -0.2) is 41.2 Å². The fourth-order valence-electron chi connectivity index (χ4n) is 5.63. The first-order valence-corrected chi connectivity index (χ1v) is 10.6. The van der Waals surface area contributed by atoms with E-state index in [1.165, 1.54) is 4.90 Å². The summed E-state index contributed by atoms with van der Waals surface area (Å²) in [5.74, 6) is -0.574. The van der Waals surface area contributed by atoms with Crippen molar-refractivity contribution in [1.82, 2.24) is 4.90 Å². The van der Waals surface area contributed by atoms with E-state index in [-0.39, 0.29) is 42.1 Å². The number of imide groups is 1. The largest absolute Gasteiger partial charge is 0.462 e. The number of nitrogens with zero attached hydrogens (tertiary/aromatic N) is 1. The number of rotatable bonds is 5. The first-order valence-electron chi connectivity index (χ1n) is 10.6. The highest BCUT2D eigenvalue weighted by Gasteiger charge is 2.67. The van der Waals surface area contributed by atoms with Gasteiger partial charge in [-0.05, 0) is 68.2 Å². The number of esters is 1. The minimum absolute atomic E-state index is 0.136. The molecule has 7 heteroatoms. The summed E-state index contributed by atoms with van der Waals surface area (Å²) in [5.41, 5.74) is 0.873. The zero-order chi connectivity index (χ0) is 21.2. The van der Waals surface area contributed by atoms with E-state index < -0.39 is 17.9 Å². The number of hydrogen-bond acceptors (Lipinski definition) is 5. The van der Waals surface area contributed by atoms with Gasteiger partial charge in [-0.1, -0.05) is 12.2 Å². The molecule has 0 spiro atoms. The van der Waals surface area contributed by atoms with Crippen LogP contribution in [0.5, 0.6) is 0 Å². The number of hydrogen-bond donors (Lipinski definition) is 1. The van der Waals surface area contributed by atoms with Crippen LogP contribution in [0, 0.1) is 35.5 Å². The Morgan fingerprint density at radius 3 is 2.17 bits per heavy atom. The third-order valence-corrected chi connectivity index (χ3v) is 7.13. The van der Waals surface area contributed by atoms with Gasteiger partial charge < -0.3 is 10.1 Å². The van der Waals surface area contributed by atoms with Crippen molar-refractivity contribution in [2.75, 3.05) is 11.9 Å². The quantitative estimate of drug-likeness (QED) is 0.458. The predicted octanol–water partition coefficient (Wildman–Crippen LogP) is 2.24. The summed E-state index contributed by atoms with van der Waals surface area (Å²) in [7, 11) is 0. The van der Waals surface area contributed by atoms with Gasteiger partial charge in [0, 0.05) is 5.69 Å². The molecule has 2 bridgehead atoms. The third-order valence-electron chi connectivity index (χ3n) is 7.13. The standard InChI is InChI=1S/C23H24N2O5/c1-3-30-23(29)12-4-6-13(7-5-12)24-20(26)11(2)25-21(27)18-14-8-9-15(17-10-16(14)17)19(18)22(25)28/h4-9,11,14-19H,3,10H2,1-2H3,(H,24,26). The Kier molecular flexibility index (Phi) is 4.31. The molecule has 2 saturated carbocycles. The van der Waals surface area contributed by atoms with E-state index in [1.54, 1.807) is 38.1 Å². The van der Waals surface area contributed by atoms with E-state index in [2.05, 4.69) is 17.5 Å². The highest BCUT2D eigenvalue weighted by Crippen LogP contribution is 2.65. The lowest BCUT2D eigenvalue weighted by Gasteiger charge is -2.37. The lowest BCUT2D eigenvalue weighted by molar-refractivity contribution is -0.146. The summed E-state index contributed by atoms with van der Waals surface area (Å²) in [4.78, 5) is 52.0. The summed E-state index contributed by atoms with van der Waals surface area (Å²) in [6.45, 7) is 3.61. The lowest BCUT2D eigenvalue weighted by atomic mass is 9.63. The molecule has 1 N–H and O–H groups in total. The van der Waals surface area contributed by atoms with E-state index >= 15 is 0 Å². The van der Waals surface area contributed by atoms with Gasteiger partial charge in [-0.15, -0.1) is 0 Å². The molecule has 7 unspecified atom stereocenters. The molecule has 30 heavy (non-hydrogen) atoms. The Balaban J connectivity index is 1.29. The first-order chi connectivity index (χ1) is 14.4. The monoisotopic (exact) mass is 408 g/mol. The van der Waals surface area contributed by atoms with E-state index in [9.17, 15) is 19.2 Å². The van der Waals surface area contributed by atoms with Gasteiger partial charge in [0.05, 0.1) is 24.0 Å². The Hall–Kier alpha value is -2.96. The molecule has 6 rings (SSSR count). The number of carbonyl (C=O) groups excluding carboxylic acids is 4. The molecule has 156 valence electrons. The number of ether oxygens (including phenoxy) is 1. The van der Waals surface area contributed by atoms with E-state index in [1.807, 2.05) is 0 Å². The number of anilines is 1. The smallest absolute Gasteiger partial charge is 0.338 e. The normalized spacial score (nSPS) is 33.7. The van der Waals surface area contributed by atoms with Crippen LogP contribution in [0.1, 0.15) is 30.6 Å². The van der Waals surface area contributed by atoms with Gasteiger partial charge in [-0.2, -0.15) is 0 Å². The van der Waals surface area contributed by atoms with Crippen LogP contribution >= 0.6 is 0 Å². The zero-order valence-corrected chi connectivity index (χ0v) is 16.9. The molecular formula is C23H24N2O5. The Labute approximate surface area is 174 Å². The molecule has 3 fully saturated rings. The molecule has 0 aromatic heterocycles. The van der Waals surface area contributed by atoms with E-state index in [0.29, 0.717) is 23.1 Å². The maximum Gasteiger partial charge on any atom is 0.338 e. The molecule has 1 aromatic carbocycles. The summed E-state index contributed by atoms with van der Waals surface area (Å²) < 4.78 is 4.94. The number of likely N-dealkylation sites (tertiary alicyclic amines) is 1. The molecule has 7 atom stereocenters. The van der Waals surface area contributed by atoms with Gasteiger partial charge in [0.25, 0.3) is 0 Å². The summed E-state index contributed by atoms with van der Waals surface area (Å²) in [5, 5.41) is 2.74. The van der Waals surface area contributed by atoms with E-state index in [4.69, 9.17) is 4.74 Å². The van der Waals surface area contributed by atoms with Crippen molar-refractivity contribution >= 4 is 29.4 Å². The molecule has 1 aromatic rings. The summed E-state index contributed by atoms with van der Waals surface area (Å²) in [6, 6.07) is 5.43. The SMILES string of the molecule is CCOC(=O)c1ccc(NC(=O)C(C)N2C(=O)C3C4C=CC(C5CC45)C3C2=O)cc1. The van der Waals surface area contributed by atoms with Crippen molar-refractivity contribution in [2.45, 2.75) is 26.3 Å². The molecule has 4 aliphatic carbocycles. The highest BCUT2D eigenvalue weighted by atomic mass is 16.5. The predicted molar refractivity (Wildman–Crippen MR) is 107 cm³/mol. The fourth-order valence-corrected chi connectivity index (χ4v) is 5.63. The maximum atomic E-state index is 13.1. The highest BCUT2D eigenvalue weighted by molar-refractivity contribution is 6.10. The number of nitrogens with one attached hydrogen (secondary N) is 1. The number of allylic oxidation sites excluding steroid dienone is 2. The van der Waals surface area contributed by atoms with Crippen molar-refractivity contribution in [3.8, 4) is 0 Å². The third kappa shape index (κ3) is 2.71.